The fourth-order valence-electron chi connectivity index (χ4n) is 3.60. The van der Waals surface area contributed by atoms with E-state index in [-0.39, 0.29) is 35.9 Å². The summed E-state index contributed by atoms with van der Waals surface area (Å²) in [5.74, 6) is 0.255. The van der Waals surface area contributed by atoms with Crippen LogP contribution in [0.15, 0.2) is 18.3 Å². The van der Waals surface area contributed by atoms with Gasteiger partial charge in [0, 0.05) is 32.0 Å². The number of methoxy groups -OCH3 is 1. The number of fused-ring (bicyclic) bond motifs is 1. The SMILES string of the molecule is COCCCc1cc(NC(=O)N2CCCc3cc(CO)c(C=O)nc32)ncc1C(F)(F)F. The summed E-state index contributed by atoms with van der Waals surface area (Å²) in [6.45, 7) is 0.248. The predicted octanol–water partition coefficient (Wildman–Crippen LogP) is 3.36. The first-order valence-corrected chi connectivity index (χ1v) is 10.0. The van der Waals surface area contributed by atoms with Crippen LogP contribution in [0.3, 0.4) is 0 Å². The molecule has 2 aromatic heterocycles. The zero-order chi connectivity index (χ0) is 23.3. The number of carbonyl (C=O) groups excluding carboxylic acids is 2. The number of aliphatic hydroxyl groups excluding tert-OH is 1. The van der Waals surface area contributed by atoms with Gasteiger partial charge in [0.05, 0.1) is 12.2 Å². The van der Waals surface area contributed by atoms with Crippen molar-refractivity contribution in [3.8, 4) is 0 Å². The molecule has 0 unspecified atom stereocenters. The molecule has 3 heterocycles. The number of urea groups is 1. The molecule has 0 aromatic carbocycles. The molecule has 3 rings (SSSR count). The molecule has 172 valence electrons. The van der Waals surface area contributed by atoms with E-state index in [0.717, 1.165) is 0 Å². The first-order chi connectivity index (χ1) is 15.3. The molecule has 0 saturated carbocycles. The van der Waals surface area contributed by atoms with E-state index in [4.69, 9.17) is 4.74 Å². The molecule has 0 aliphatic carbocycles. The lowest BCUT2D eigenvalue weighted by Gasteiger charge is -2.29. The molecular weight excluding hydrogens is 429 g/mol. The zero-order valence-electron chi connectivity index (χ0n) is 17.4. The number of halogens is 3. The van der Waals surface area contributed by atoms with Crippen molar-refractivity contribution in [2.45, 2.75) is 38.5 Å². The number of carbonyl (C=O) groups is 2. The van der Waals surface area contributed by atoms with E-state index in [9.17, 15) is 27.9 Å². The molecule has 2 aromatic rings. The van der Waals surface area contributed by atoms with Gasteiger partial charge in [0.15, 0.2) is 6.29 Å². The van der Waals surface area contributed by atoms with Crippen LogP contribution in [0, 0.1) is 0 Å². The standard InChI is InChI=1S/C21H23F3N4O4/c1-32-7-3-5-13-9-18(25-10-16(13)21(22,23)24)27-20(31)28-6-2-4-14-8-15(11-29)17(12-30)26-19(14)28/h8-10,12,29H,2-7,11H2,1H3,(H,25,27,31). The van der Waals surface area contributed by atoms with E-state index in [2.05, 4.69) is 15.3 Å². The van der Waals surface area contributed by atoms with Crippen molar-refractivity contribution in [3.63, 3.8) is 0 Å². The average Bonchev–Trinajstić information content (AvgIpc) is 2.77. The van der Waals surface area contributed by atoms with Gasteiger partial charge in [-0.2, -0.15) is 13.2 Å². The monoisotopic (exact) mass is 452 g/mol. The van der Waals surface area contributed by atoms with E-state index in [0.29, 0.717) is 56.0 Å². The third kappa shape index (κ3) is 5.22. The summed E-state index contributed by atoms with van der Waals surface area (Å²) in [6.07, 6.45) is -1.64. The number of hydrogen-bond donors (Lipinski definition) is 2. The molecule has 0 spiro atoms. The van der Waals surface area contributed by atoms with Gasteiger partial charge in [0.1, 0.15) is 17.3 Å². The number of nitrogens with zero attached hydrogens (tertiary/aromatic N) is 3. The van der Waals surface area contributed by atoms with Crippen LogP contribution in [0.25, 0.3) is 0 Å². The van der Waals surface area contributed by atoms with Crippen molar-refractivity contribution in [2.75, 3.05) is 30.5 Å². The Bertz CT molecular complexity index is 998. The highest BCUT2D eigenvalue weighted by molar-refractivity contribution is 6.01. The number of anilines is 2. The highest BCUT2D eigenvalue weighted by Crippen LogP contribution is 2.33. The number of ether oxygens (including phenoxy) is 1. The Labute approximate surface area is 182 Å². The Morgan fingerprint density at radius 3 is 2.78 bits per heavy atom. The predicted molar refractivity (Wildman–Crippen MR) is 110 cm³/mol. The summed E-state index contributed by atoms with van der Waals surface area (Å²) in [7, 11) is 1.47. The summed E-state index contributed by atoms with van der Waals surface area (Å²) in [4.78, 5) is 33.5. The van der Waals surface area contributed by atoms with Gasteiger partial charge in [-0.05, 0) is 48.9 Å². The molecular formula is C21H23F3N4O4. The van der Waals surface area contributed by atoms with Gasteiger partial charge in [-0.3, -0.25) is 15.0 Å². The fourth-order valence-corrected chi connectivity index (χ4v) is 3.60. The molecule has 0 atom stereocenters. The van der Waals surface area contributed by atoms with Gasteiger partial charge in [-0.1, -0.05) is 0 Å². The van der Waals surface area contributed by atoms with Gasteiger partial charge in [-0.15, -0.1) is 0 Å². The molecule has 0 radical (unpaired) electrons. The van der Waals surface area contributed by atoms with Crippen molar-refractivity contribution in [2.24, 2.45) is 0 Å². The van der Waals surface area contributed by atoms with Crippen LogP contribution >= 0.6 is 0 Å². The molecule has 0 saturated heterocycles. The van der Waals surface area contributed by atoms with Crippen molar-refractivity contribution in [3.05, 3.63) is 46.3 Å². The molecule has 32 heavy (non-hydrogen) atoms. The van der Waals surface area contributed by atoms with Gasteiger partial charge >= 0.3 is 12.2 Å². The van der Waals surface area contributed by atoms with Crippen LogP contribution in [0.5, 0.6) is 0 Å². The lowest BCUT2D eigenvalue weighted by Crippen LogP contribution is -2.40. The molecule has 2 amide bonds. The minimum absolute atomic E-state index is 0.00727. The molecule has 1 aliphatic heterocycles. The zero-order valence-corrected chi connectivity index (χ0v) is 17.4. The third-order valence-corrected chi connectivity index (χ3v) is 5.13. The van der Waals surface area contributed by atoms with E-state index in [1.807, 2.05) is 0 Å². The van der Waals surface area contributed by atoms with Crippen molar-refractivity contribution in [1.82, 2.24) is 9.97 Å². The minimum Gasteiger partial charge on any atom is -0.392 e. The molecule has 8 nitrogen and oxygen atoms in total. The number of alkyl halides is 3. The summed E-state index contributed by atoms with van der Waals surface area (Å²) >= 11 is 0. The first kappa shape index (κ1) is 23.6. The normalized spacial score (nSPS) is 13.6. The molecule has 11 heteroatoms. The summed E-state index contributed by atoms with van der Waals surface area (Å²) < 4.78 is 44.9. The second-order valence-corrected chi connectivity index (χ2v) is 7.30. The summed E-state index contributed by atoms with van der Waals surface area (Å²) in [5.41, 5.74) is 0.239. The van der Waals surface area contributed by atoms with Crippen LogP contribution in [-0.4, -0.2) is 47.7 Å². The molecule has 0 fully saturated rings. The Hall–Kier alpha value is -3.05. The van der Waals surface area contributed by atoms with Crippen molar-refractivity contribution in [1.29, 1.82) is 0 Å². The number of aliphatic hydroxyl groups is 1. The lowest BCUT2D eigenvalue weighted by molar-refractivity contribution is -0.138. The number of hydrogen-bond acceptors (Lipinski definition) is 6. The number of aryl methyl sites for hydroxylation is 2. The van der Waals surface area contributed by atoms with Crippen LogP contribution in [0.2, 0.25) is 0 Å². The topological polar surface area (TPSA) is 105 Å². The summed E-state index contributed by atoms with van der Waals surface area (Å²) in [6, 6.07) is 2.22. The number of amides is 2. The molecule has 0 bridgehead atoms. The van der Waals surface area contributed by atoms with Crippen LogP contribution in [0.4, 0.5) is 29.6 Å². The fraction of sp³-hybridized carbons (Fsp3) is 0.429. The first-order valence-electron chi connectivity index (χ1n) is 10.0. The van der Waals surface area contributed by atoms with Crippen LogP contribution in [0.1, 0.15) is 45.6 Å². The average molecular weight is 452 g/mol. The maximum atomic E-state index is 13.3. The molecule has 2 N–H and O–H groups in total. The minimum atomic E-state index is -4.57. The quantitative estimate of drug-likeness (QED) is 0.493. The maximum Gasteiger partial charge on any atom is 0.418 e. The molecule has 1 aliphatic rings. The summed E-state index contributed by atoms with van der Waals surface area (Å²) in [5, 5.41) is 11.9. The second-order valence-electron chi connectivity index (χ2n) is 7.30. The number of aromatic nitrogens is 2. The van der Waals surface area contributed by atoms with Crippen molar-refractivity contribution < 1.29 is 32.6 Å². The Kier molecular flexibility index (Phi) is 7.41. The van der Waals surface area contributed by atoms with Crippen LogP contribution in [-0.2, 0) is 30.4 Å². The smallest absolute Gasteiger partial charge is 0.392 e. The van der Waals surface area contributed by atoms with Gasteiger partial charge in [-0.25, -0.2) is 14.8 Å². The van der Waals surface area contributed by atoms with E-state index in [1.165, 1.54) is 18.1 Å². The third-order valence-electron chi connectivity index (χ3n) is 5.13. The lowest BCUT2D eigenvalue weighted by atomic mass is 10.0. The number of pyridine rings is 2. The van der Waals surface area contributed by atoms with Gasteiger partial charge < -0.3 is 9.84 Å². The van der Waals surface area contributed by atoms with E-state index >= 15 is 0 Å². The van der Waals surface area contributed by atoms with Crippen LogP contribution < -0.4 is 10.2 Å². The Morgan fingerprint density at radius 1 is 1.34 bits per heavy atom. The number of rotatable bonds is 7. The Balaban J connectivity index is 1.86. The number of aldehydes is 1. The Morgan fingerprint density at radius 2 is 2.12 bits per heavy atom. The highest BCUT2D eigenvalue weighted by atomic mass is 19.4. The van der Waals surface area contributed by atoms with E-state index < -0.39 is 17.8 Å². The van der Waals surface area contributed by atoms with E-state index in [1.54, 1.807) is 6.07 Å². The highest BCUT2D eigenvalue weighted by Gasteiger charge is 2.34. The second kappa shape index (κ2) is 10.0. The van der Waals surface area contributed by atoms with Crippen molar-refractivity contribution >= 4 is 24.0 Å². The number of nitrogens with one attached hydrogen (secondary N) is 1. The maximum absolute atomic E-state index is 13.3. The largest absolute Gasteiger partial charge is 0.418 e. The van der Waals surface area contributed by atoms with Gasteiger partial charge in [0.2, 0.25) is 0 Å². The van der Waals surface area contributed by atoms with Gasteiger partial charge in [0.25, 0.3) is 0 Å².